The predicted molar refractivity (Wildman–Crippen MR) is 211 cm³/mol. The predicted octanol–water partition coefficient (Wildman–Crippen LogP) is 8.66. The molecule has 6 aromatic rings. The Balaban J connectivity index is 0.000000201. The van der Waals surface area contributed by atoms with Crippen LogP contribution in [0.3, 0.4) is 0 Å². The van der Waals surface area contributed by atoms with E-state index < -0.39 is 0 Å². The van der Waals surface area contributed by atoms with Crippen LogP contribution >= 0.6 is 23.1 Å². The number of para-hydroxylation sites is 1. The van der Waals surface area contributed by atoms with Crippen molar-refractivity contribution in [3.63, 3.8) is 0 Å². The Labute approximate surface area is 312 Å². The standard InChI is InChI=1S/C20H22N2O3S.C19H20N2O4S/c1-22(2)16-9-7-6-8-14(16)20-15(12-21-26-20)13-10-17(23-3)19(25-5)18(11-13)24-4;1-22-15-6-5-11(7-14(15)20)19-13(10-21-26-19)12-8-16(23-2)18(25-4)17(9-12)24-3/h6-12H,1-5H3;5-10H,20H2,1-4H3. The molecular weight excluding hydrogens is 701 g/mol. The van der Waals surface area contributed by atoms with Crippen molar-refractivity contribution in [3.8, 4) is 83.4 Å². The molecule has 0 saturated heterocycles. The Morgan fingerprint density at radius 3 is 1.40 bits per heavy atom. The number of ether oxygens (including phenoxy) is 7. The lowest BCUT2D eigenvalue weighted by Crippen LogP contribution is -2.09. The summed E-state index contributed by atoms with van der Waals surface area (Å²) in [7, 11) is 15.3. The van der Waals surface area contributed by atoms with Crippen molar-refractivity contribution in [3.05, 3.63) is 79.1 Å². The normalized spacial score (nSPS) is 10.5. The number of aromatic nitrogens is 2. The van der Waals surface area contributed by atoms with Gasteiger partial charge in [-0.25, -0.2) is 0 Å². The molecule has 2 heterocycles. The minimum Gasteiger partial charge on any atom is -0.495 e. The van der Waals surface area contributed by atoms with E-state index in [1.165, 1.54) is 23.1 Å². The van der Waals surface area contributed by atoms with Crippen LogP contribution in [0.2, 0.25) is 0 Å². The number of hydrogen-bond donors (Lipinski definition) is 1. The highest BCUT2D eigenvalue weighted by molar-refractivity contribution is 7.10. The largest absolute Gasteiger partial charge is 0.495 e. The van der Waals surface area contributed by atoms with Gasteiger partial charge in [0.05, 0.1) is 65.2 Å². The molecule has 0 radical (unpaired) electrons. The summed E-state index contributed by atoms with van der Waals surface area (Å²) in [6, 6.07) is 21.7. The van der Waals surface area contributed by atoms with Gasteiger partial charge < -0.3 is 43.8 Å². The minimum atomic E-state index is 0.553. The SMILES string of the molecule is COc1cc(-c2cnsc2-c2ccccc2N(C)C)cc(OC)c1OC.COc1ccc(-c2sncc2-c2cc(OC)c(OC)c(OC)c2)cc1N. The number of anilines is 2. The summed E-state index contributed by atoms with van der Waals surface area (Å²) in [6.07, 6.45) is 3.70. The third kappa shape index (κ3) is 7.65. The van der Waals surface area contributed by atoms with Gasteiger partial charge in [0.25, 0.3) is 0 Å². The van der Waals surface area contributed by atoms with Crippen LogP contribution in [-0.2, 0) is 0 Å². The van der Waals surface area contributed by atoms with E-state index in [9.17, 15) is 0 Å². The topological polar surface area (TPSA) is 120 Å². The molecule has 0 fully saturated rings. The molecule has 2 aromatic heterocycles. The third-order valence-corrected chi connectivity index (χ3v) is 9.90. The first-order valence-electron chi connectivity index (χ1n) is 15.9. The molecule has 0 spiro atoms. The molecular formula is C39H42N4O7S2. The Morgan fingerprint density at radius 1 is 0.500 bits per heavy atom. The van der Waals surface area contributed by atoms with Crippen LogP contribution in [0.1, 0.15) is 0 Å². The van der Waals surface area contributed by atoms with Crippen LogP contribution in [0.25, 0.3) is 43.1 Å². The van der Waals surface area contributed by atoms with Crippen LogP contribution in [0.5, 0.6) is 40.2 Å². The molecule has 0 saturated carbocycles. The quantitative estimate of drug-likeness (QED) is 0.121. The lowest BCUT2D eigenvalue weighted by molar-refractivity contribution is 0.324. The number of methoxy groups -OCH3 is 7. The summed E-state index contributed by atoms with van der Waals surface area (Å²) < 4.78 is 46.7. The second-order valence-electron chi connectivity index (χ2n) is 11.3. The van der Waals surface area contributed by atoms with Crippen molar-refractivity contribution in [2.24, 2.45) is 0 Å². The lowest BCUT2D eigenvalue weighted by atomic mass is 10.0. The van der Waals surface area contributed by atoms with Crippen LogP contribution < -0.4 is 43.8 Å². The monoisotopic (exact) mass is 742 g/mol. The molecule has 0 aliphatic heterocycles. The molecule has 11 nitrogen and oxygen atoms in total. The average Bonchev–Trinajstić information content (AvgIpc) is 3.88. The molecule has 0 atom stereocenters. The van der Waals surface area contributed by atoms with E-state index in [0.29, 0.717) is 45.9 Å². The van der Waals surface area contributed by atoms with Gasteiger partial charge in [0.1, 0.15) is 5.75 Å². The first-order chi connectivity index (χ1) is 25.2. The summed E-state index contributed by atoms with van der Waals surface area (Å²) >= 11 is 2.87. The van der Waals surface area contributed by atoms with Crippen molar-refractivity contribution >= 4 is 34.4 Å². The zero-order valence-electron chi connectivity index (χ0n) is 30.6. The zero-order valence-corrected chi connectivity index (χ0v) is 32.2. The average molecular weight is 743 g/mol. The third-order valence-electron chi connectivity index (χ3n) is 8.21. The van der Waals surface area contributed by atoms with Gasteiger partial charge in [-0.05, 0) is 88.3 Å². The van der Waals surface area contributed by atoms with E-state index in [0.717, 1.165) is 48.8 Å². The zero-order chi connectivity index (χ0) is 37.4. The second-order valence-corrected chi connectivity index (χ2v) is 12.9. The van der Waals surface area contributed by atoms with Gasteiger partial charge in [0.2, 0.25) is 11.5 Å². The number of benzene rings is 4. The van der Waals surface area contributed by atoms with Gasteiger partial charge in [-0.2, -0.15) is 8.75 Å². The summed E-state index contributed by atoms with van der Waals surface area (Å²) in [5.41, 5.74) is 13.8. The minimum absolute atomic E-state index is 0.553. The first-order valence-corrected chi connectivity index (χ1v) is 17.5. The molecule has 0 unspecified atom stereocenters. The van der Waals surface area contributed by atoms with Crippen LogP contribution in [0.4, 0.5) is 11.4 Å². The van der Waals surface area contributed by atoms with E-state index in [-0.39, 0.29) is 0 Å². The van der Waals surface area contributed by atoms with Gasteiger partial charge in [-0.15, -0.1) is 0 Å². The van der Waals surface area contributed by atoms with Gasteiger partial charge in [0.15, 0.2) is 23.0 Å². The van der Waals surface area contributed by atoms with Crippen molar-refractivity contribution < 1.29 is 33.2 Å². The van der Waals surface area contributed by atoms with Crippen LogP contribution in [-0.4, -0.2) is 72.6 Å². The van der Waals surface area contributed by atoms with E-state index in [1.807, 2.05) is 81.1 Å². The molecule has 2 N–H and O–H groups in total. The maximum Gasteiger partial charge on any atom is 0.203 e. The molecule has 4 aromatic carbocycles. The van der Waals surface area contributed by atoms with Gasteiger partial charge in [-0.3, -0.25) is 0 Å². The van der Waals surface area contributed by atoms with E-state index in [1.54, 1.807) is 49.8 Å². The lowest BCUT2D eigenvalue weighted by Gasteiger charge is -2.18. The fraction of sp³-hybridized carbons (Fsp3) is 0.231. The summed E-state index contributed by atoms with van der Waals surface area (Å²) in [6.45, 7) is 0. The van der Waals surface area contributed by atoms with Crippen LogP contribution in [0, 0.1) is 0 Å². The number of nitrogen functional groups attached to an aromatic ring is 1. The Hall–Kier alpha value is -5.66. The highest BCUT2D eigenvalue weighted by Gasteiger charge is 2.20. The van der Waals surface area contributed by atoms with Crippen molar-refractivity contribution in [1.82, 2.24) is 8.75 Å². The molecule has 52 heavy (non-hydrogen) atoms. The fourth-order valence-corrected chi connectivity index (χ4v) is 7.27. The van der Waals surface area contributed by atoms with E-state index >= 15 is 0 Å². The van der Waals surface area contributed by atoms with E-state index in [2.05, 4.69) is 25.8 Å². The van der Waals surface area contributed by atoms with Gasteiger partial charge in [0, 0.05) is 48.9 Å². The molecule has 0 bridgehead atoms. The first kappa shape index (κ1) is 37.6. The molecule has 0 amide bonds. The summed E-state index contributed by atoms with van der Waals surface area (Å²) in [4.78, 5) is 4.20. The number of rotatable bonds is 12. The highest BCUT2D eigenvalue weighted by Crippen LogP contribution is 2.47. The number of hydrogen-bond acceptors (Lipinski definition) is 13. The molecule has 0 aliphatic rings. The molecule has 6 rings (SSSR count). The van der Waals surface area contributed by atoms with Crippen LogP contribution in [0.15, 0.2) is 79.1 Å². The Morgan fingerprint density at radius 2 is 0.962 bits per heavy atom. The Bertz CT molecular complexity index is 2080. The smallest absolute Gasteiger partial charge is 0.203 e. The van der Waals surface area contributed by atoms with Gasteiger partial charge >= 0.3 is 0 Å². The summed E-state index contributed by atoms with van der Waals surface area (Å²) in [5, 5.41) is 0. The maximum absolute atomic E-state index is 6.06. The van der Waals surface area contributed by atoms with Gasteiger partial charge in [-0.1, -0.05) is 18.2 Å². The number of nitrogens with zero attached hydrogens (tertiary/aromatic N) is 3. The van der Waals surface area contributed by atoms with Crippen molar-refractivity contribution in [2.45, 2.75) is 0 Å². The molecule has 0 aliphatic carbocycles. The maximum atomic E-state index is 6.06. The highest BCUT2D eigenvalue weighted by atomic mass is 32.1. The van der Waals surface area contributed by atoms with Crippen molar-refractivity contribution in [1.29, 1.82) is 0 Å². The second kappa shape index (κ2) is 17.0. The number of nitrogens with two attached hydrogens (primary N) is 1. The summed E-state index contributed by atoms with van der Waals surface area (Å²) in [5.74, 6) is 4.21. The fourth-order valence-electron chi connectivity index (χ4n) is 5.70. The molecule has 13 heteroatoms. The van der Waals surface area contributed by atoms with E-state index in [4.69, 9.17) is 38.9 Å². The molecule has 272 valence electrons. The van der Waals surface area contributed by atoms with Crippen molar-refractivity contribution in [2.75, 3.05) is 74.5 Å². The Kier molecular flexibility index (Phi) is 12.3.